The van der Waals surface area contributed by atoms with E-state index in [4.69, 9.17) is 0 Å². The molecule has 0 amide bonds. The van der Waals surface area contributed by atoms with Gasteiger partial charge in [-0.3, -0.25) is 0 Å². The van der Waals surface area contributed by atoms with E-state index in [0.29, 0.717) is 0 Å². The van der Waals surface area contributed by atoms with E-state index in [9.17, 15) is 4.21 Å². The van der Waals surface area contributed by atoms with Crippen molar-refractivity contribution in [3.63, 3.8) is 0 Å². The molecule has 2 fully saturated rings. The van der Waals surface area contributed by atoms with Crippen LogP contribution in [0.5, 0.6) is 0 Å². The molecular formula is C37H58NOPS. The molecule has 2 unspecified atom stereocenters. The summed E-state index contributed by atoms with van der Waals surface area (Å²) in [6.07, 6.45) is 13.9. The van der Waals surface area contributed by atoms with Gasteiger partial charge in [-0.1, -0.05) is 130 Å². The van der Waals surface area contributed by atoms with Gasteiger partial charge in [-0.05, 0) is 96.2 Å². The van der Waals surface area contributed by atoms with Crippen LogP contribution >= 0.6 is 7.92 Å². The van der Waals surface area contributed by atoms with Crippen molar-refractivity contribution in [3.05, 3.63) is 64.7 Å². The lowest BCUT2D eigenvalue weighted by Crippen LogP contribution is -2.38. The predicted molar refractivity (Wildman–Crippen MR) is 183 cm³/mol. The van der Waals surface area contributed by atoms with Crippen LogP contribution in [0.4, 0.5) is 0 Å². The van der Waals surface area contributed by atoms with Crippen LogP contribution < -0.4 is 10.0 Å². The van der Waals surface area contributed by atoms with E-state index in [1.165, 1.54) is 86.5 Å². The zero-order chi connectivity index (χ0) is 30.0. The summed E-state index contributed by atoms with van der Waals surface area (Å²) in [6, 6.07) is 16.5. The minimum absolute atomic E-state index is 0.0278. The van der Waals surface area contributed by atoms with Gasteiger partial charge < -0.3 is 0 Å². The second-order valence-electron chi connectivity index (χ2n) is 15.8. The lowest BCUT2D eigenvalue weighted by molar-refractivity contribution is 0.487. The molecule has 2 aliphatic rings. The highest BCUT2D eigenvalue weighted by atomic mass is 32.2. The Morgan fingerprint density at radius 1 is 0.707 bits per heavy atom. The second kappa shape index (κ2) is 13.3. The standard InChI is InChI=1S/C37H58NOPS/c1-35(2,3)28-24-27(25-29(26-28)36(4,5)6)34(38-41(39)37(7,8)9)32-22-16-17-23-33(32)40(30-18-12-10-13-19-30)31-20-14-11-15-21-31/h16-17,22-26,30-31,34,38H,10-15,18-21H2,1-9H3. The van der Waals surface area contributed by atoms with Crippen molar-refractivity contribution in [1.29, 1.82) is 0 Å². The Morgan fingerprint density at radius 3 is 1.61 bits per heavy atom. The maximum absolute atomic E-state index is 13.9. The zero-order valence-electron chi connectivity index (χ0n) is 27.6. The van der Waals surface area contributed by atoms with E-state index in [2.05, 4.69) is 110 Å². The van der Waals surface area contributed by atoms with Crippen LogP contribution in [0.15, 0.2) is 42.5 Å². The van der Waals surface area contributed by atoms with Crippen molar-refractivity contribution in [2.45, 2.75) is 159 Å². The van der Waals surface area contributed by atoms with Crippen molar-refractivity contribution >= 4 is 24.2 Å². The Bertz CT molecular complexity index is 1120. The largest absolute Gasteiger partial charge is 0.242 e. The molecule has 0 heterocycles. The van der Waals surface area contributed by atoms with Crippen molar-refractivity contribution < 1.29 is 4.21 Å². The van der Waals surface area contributed by atoms with Gasteiger partial charge in [-0.15, -0.1) is 0 Å². The molecule has 2 aromatic carbocycles. The molecule has 4 heteroatoms. The summed E-state index contributed by atoms with van der Waals surface area (Å²) >= 11 is 0. The number of hydrogen-bond donors (Lipinski definition) is 1. The molecule has 1 N–H and O–H groups in total. The smallest absolute Gasteiger partial charge is 0.0979 e. The topological polar surface area (TPSA) is 29.1 Å². The molecule has 228 valence electrons. The monoisotopic (exact) mass is 595 g/mol. The molecule has 4 rings (SSSR count). The summed E-state index contributed by atoms with van der Waals surface area (Å²) < 4.78 is 17.3. The van der Waals surface area contributed by atoms with Crippen LogP contribution in [-0.4, -0.2) is 20.3 Å². The van der Waals surface area contributed by atoms with Crippen molar-refractivity contribution in [3.8, 4) is 0 Å². The Morgan fingerprint density at radius 2 is 1.17 bits per heavy atom. The summed E-state index contributed by atoms with van der Waals surface area (Å²) in [7, 11) is -1.49. The van der Waals surface area contributed by atoms with Crippen LogP contribution in [0.1, 0.15) is 155 Å². The van der Waals surface area contributed by atoms with E-state index in [0.717, 1.165) is 11.3 Å². The molecule has 0 aliphatic heterocycles. The molecule has 2 atom stereocenters. The molecule has 41 heavy (non-hydrogen) atoms. The number of rotatable bonds is 7. The Hall–Kier alpha value is -1.02. The zero-order valence-corrected chi connectivity index (χ0v) is 29.3. The summed E-state index contributed by atoms with van der Waals surface area (Å²) in [5.41, 5.74) is 7.04. The van der Waals surface area contributed by atoms with E-state index in [1.807, 2.05) is 0 Å². The van der Waals surface area contributed by atoms with Crippen molar-refractivity contribution in [1.82, 2.24) is 4.72 Å². The molecule has 0 radical (unpaired) electrons. The van der Waals surface area contributed by atoms with Gasteiger partial charge in [0.05, 0.1) is 21.8 Å². The number of benzene rings is 2. The summed E-state index contributed by atoms with van der Waals surface area (Å²) in [5, 5.41) is 1.59. The highest BCUT2D eigenvalue weighted by Crippen LogP contribution is 2.56. The Balaban J connectivity index is 1.92. The molecule has 0 bridgehead atoms. The molecule has 2 aromatic rings. The van der Waals surface area contributed by atoms with Gasteiger partial charge in [0, 0.05) is 0 Å². The lowest BCUT2D eigenvalue weighted by atomic mass is 9.78. The van der Waals surface area contributed by atoms with Crippen LogP contribution in [0.25, 0.3) is 0 Å². The predicted octanol–water partition coefficient (Wildman–Crippen LogP) is 10.2. The van der Waals surface area contributed by atoms with Crippen LogP contribution in [0.3, 0.4) is 0 Å². The third-order valence-electron chi connectivity index (χ3n) is 9.26. The maximum Gasteiger partial charge on any atom is 0.0979 e. The van der Waals surface area contributed by atoms with Crippen LogP contribution in [0, 0.1) is 0 Å². The van der Waals surface area contributed by atoms with Gasteiger partial charge >= 0.3 is 0 Å². The van der Waals surface area contributed by atoms with Gasteiger partial charge in [-0.2, -0.15) is 0 Å². The minimum Gasteiger partial charge on any atom is -0.242 e. The van der Waals surface area contributed by atoms with E-state index >= 15 is 0 Å². The van der Waals surface area contributed by atoms with Gasteiger partial charge in [0.1, 0.15) is 0 Å². The first-order chi connectivity index (χ1) is 19.2. The van der Waals surface area contributed by atoms with Gasteiger partial charge in [0.25, 0.3) is 0 Å². The second-order valence-corrected chi connectivity index (χ2v) is 20.6. The maximum atomic E-state index is 13.9. The van der Waals surface area contributed by atoms with Crippen molar-refractivity contribution in [2.75, 3.05) is 0 Å². The highest BCUT2D eigenvalue weighted by Gasteiger charge is 2.36. The quantitative estimate of drug-likeness (QED) is 0.317. The first-order valence-electron chi connectivity index (χ1n) is 16.4. The molecule has 2 nitrogen and oxygen atoms in total. The summed E-state index contributed by atoms with van der Waals surface area (Å²) in [4.78, 5) is 0. The van der Waals surface area contributed by atoms with Gasteiger partial charge in [0.2, 0.25) is 0 Å². The molecule has 0 spiro atoms. The SMILES string of the molecule is CC(C)(C)c1cc(C(NS(=O)C(C)(C)C)c2ccccc2P(C2CCCCC2)C2CCCCC2)cc(C(C)(C)C)c1. The fraction of sp³-hybridized carbons (Fsp3) is 0.676. The van der Waals surface area contributed by atoms with Gasteiger partial charge in [0.15, 0.2) is 0 Å². The first kappa shape index (κ1) is 32.9. The average molecular weight is 596 g/mol. The van der Waals surface area contributed by atoms with E-state index in [1.54, 1.807) is 5.30 Å². The fourth-order valence-electron chi connectivity index (χ4n) is 6.66. The first-order valence-corrected chi connectivity index (χ1v) is 19.0. The molecular weight excluding hydrogens is 537 g/mol. The third kappa shape index (κ3) is 8.33. The molecule has 2 aliphatic carbocycles. The van der Waals surface area contributed by atoms with E-state index < -0.39 is 11.0 Å². The fourth-order valence-corrected chi connectivity index (χ4v) is 11.5. The van der Waals surface area contributed by atoms with E-state index in [-0.39, 0.29) is 29.5 Å². The highest BCUT2D eigenvalue weighted by molar-refractivity contribution is 7.84. The van der Waals surface area contributed by atoms with Crippen LogP contribution in [-0.2, 0) is 21.8 Å². The average Bonchev–Trinajstić information content (AvgIpc) is 2.91. The van der Waals surface area contributed by atoms with Crippen LogP contribution in [0.2, 0.25) is 0 Å². The summed E-state index contributed by atoms with van der Waals surface area (Å²) in [6.45, 7) is 20.1. The molecule has 0 saturated heterocycles. The third-order valence-corrected chi connectivity index (χ3v) is 14.4. The normalized spacial score (nSPS) is 19.9. The Kier molecular flexibility index (Phi) is 10.7. The van der Waals surface area contributed by atoms with Crippen molar-refractivity contribution in [2.24, 2.45) is 0 Å². The lowest BCUT2D eigenvalue weighted by Gasteiger charge is -2.40. The van der Waals surface area contributed by atoms with Gasteiger partial charge in [-0.25, -0.2) is 8.93 Å². The Labute approximate surface area is 256 Å². The molecule has 0 aromatic heterocycles. The molecule has 2 saturated carbocycles. The number of nitrogens with one attached hydrogen (secondary N) is 1. The number of hydrogen-bond acceptors (Lipinski definition) is 1. The summed E-state index contributed by atoms with van der Waals surface area (Å²) in [5.74, 6) is 0. The minimum atomic E-state index is -1.20.